The highest BCUT2D eigenvalue weighted by Crippen LogP contribution is 2.38. The number of esters is 1. The molecule has 5 rings (SSSR count). The Morgan fingerprint density at radius 2 is 1.70 bits per heavy atom. The van der Waals surface area contributed by atoms with E-state index in [9.17, 15) is 13.2 Å². The van der Waals surface area contributed by atoms with E-state index in [1.54, 1.807) is 61.5 Å². The van der Waals surface area contributed by atoms with Crippen molar-refractivity contribution in [3.63, 3.8) is 0 Å². The van der Waals surface area contributed by atoms with Gasteiger partial charge in [0.1, 0.15) is 12.4 Å². The van der Waals surface area contributed by atoms with Gasteiger partial charge in [0.25, 0.3) is 10.0 Å². The first-order valence-electron chi connectivity index (χ1n) is 12.6. The largest absolute Gasteiger partial charge is 0.487 e. The molecular formula is C30H27ClN2O6S. The van der Waals surface area contributed by atoms with Crippen molar-refractivity contribution in [2.75, 3.05) is 13.7 Å². The lowest BCUT2D eigenvalue weighted by Gasteiger charge is -2.12. The van der Waals surface area contributed by atoms with Gasteiger partial charge in [-0.1, -0.05) is 53.6 Å². The van der Waals surface area contributed by atoms with Crippen molar-refractivity contribution in [3.8, 4) is 5.75 Å². The van der Waals surface area contributed by atoms with Crippen molar-refractivity contribution in [2.24, 2.45) is 0 Å². The minimum atomic E-state index is -4.07. The summed E-state index contributed by atoms with van der Waals surface area (Å²) < 4.78 is 46.3. The second-order valence-corrected chi connectivity index (χ2v) is 11.3. The quantitative estimate of drug-likeness (QED) is 0.190. The molecule has 0 aliphatic heterocycles. The molecule has 0 aliphatic rings. The van der Waals surface area contributed by atoms with Gasteiger partial charge in [-0.05, 0) is 49.7 Å². The van der Waals surface area contributed by atoms with Crippen molar-refractivity contribution in [1.29, 1.82) is 0 Å². The molecule has 10 heteroatoms. The maximum Gasteiger partial charge on any atom is 0.357 e. The van der Waals surface area contributed by atoms with Crippen LogP contribution in [0.1, 0.15) is 34.1 Å². The molecule has 0 atom stereocenters. The molecule has 2 aromatic heterocycles. The number of carbonyl (C=O) groups is 1. The Kier molecular flexibility index (Phi) is 7.80. The summed E-state index contributed by atoms with van der Waals surface area (Å²) >= 11 is 6.31. The van der Waals surface area contributed by atoms with Gasteiger partial charge < -0.3 is 14.2 Å². The van der Waals surface area contributed by atoms with Crippen LogP contribution in [0.5, 0.6) is 5.75 Å². The average molecular weight is 579 g/mol. The second kappa shape index (κ2) is 11.3. The van der Waals surface area contributed by atoms with Crippen molar-refractivity contribution >= 4 is 49.4 Å². The molecule has 206 valence electrons. The summed E-state index contributed by atoms with van der Waals surface area (Å²) in [5.74, 6) is -0.133. The van der Waals surface area contributed by atoms with Crippen LogP contribution in [0.4, 0.5) is 0 Å². The zero-order valence-electron chi connectivity index (χ0n) is 22.2. The van der Waals surface area contributed by atoms with Gasteiger partial charge in [-0.15, -0.1) is 0 Å². The summed E-state index contributed by atoms with van der Waals surface area (Å²) in [7, 11) is -2.58. The summed E-state index contributed by atoms with van der Waals surface area (Å²) in [4.78, 5) is 17.4. The number of nitrogens with zero attached hydrogens (tertiary/aromatic N) is 2. The lowest BCUT2D eigenvalue weighted by atomic mass is 10.0. The number of pyridine rings is 1. The number of rotatable bonds is 9. The fraction of sp³-hybridized carbons (Fsp3) is 0.200. The van der Waals surface area contributed by atoms with Crippen LogP contribution in [0, 0.1) is 6.92 Å². The predicted octanol–water partition coefficient (Wildman–Crippen LogP) is 6.29. The number of hydrogen-bond donors (Lipinski definition) is 0. The van der Waals surface area contributed by atoms with E-state index in [1.165, 1.54) is 17.3 Å². The van der Waals surface area contributed by atoms with Gasteiger partial charge in [0.2, 0.25) is 0 Å². The highest BCUT2D eigenvalue weighted by atomic mass is 35.5. The summed E-state index contributed by atoms with van der Waals surface area (Å²) in [5.41, 5.74) is 2.83. The van der Waals surface area contributed by atoms with Crippen LogP contribution in [0.15, 0.2) is 77.8 Å². The highest BCUT2D eigenvalue weighted by molar-refractivity contribution is 7.90. The minimum Gasteiger partial charge on any atom is -0.487 e. The first-order valence-corrected chi connectivity index (χ1v) is 14.4. The fourth-order valence-electron chi connectivity index (χ4n) is 4.72. The van der Waals surface area contributed by atoms with E-state index in [0.717, 1.165) is 5.56 Å². The van der Waals surface area contributed by atoms with E-state index < -0.39 is 16.0 Å². The molecule has 3 aromatic carbocycles. The first kappa shape index (κ1) is 27.6. The fourth-order valence-corrected chi connectivity index (χ4v) is 6.41. The standard InChI is InChI=1S/C30H27ClN2O6S/c1-4-38-30(34)29-22(18-37-3)28-25(16-32-29)33(40(35,36)21-14-12-19(2)13-15-21)24-10-7-8-20(27(24)28)17-39-26-11-6-5-9-23(26)31/h5-16H,4,17-18H2,1-3H3. The zero-order valence-corrected chi connectivity index (χ0v) is 23.8. The second-order valence-electron chi connectivity index (χ2n) is 9.11. The summed E-state index contributed by atoms with van der Waals surface area (Å²) in [6.07, 6.45) is 1.39. The molecular weight excluding hydrogens is 552 g/mol. The summed E-state index contributed by atoms with van der Waals surface area (Å²) in [5, 5.41) is 1.57. The van der Waals surface area contributed by atoms with Crippen molar-refractivity contribution in [1.82, 2.24) is 8.96 Å². The third kappa shape index (κ3) is 4.92. The van der Waals surface area contributed by atoms with E-state index in [4.69, 9.17) is 25.8 Å². The predicted molar refractivity (Wildman–Crippen MR) is 153 cm³/mol. The Bertz CT molecular complexity index is 1830. The average Bonchev–Trinajstić information content (AvgIpc) is 3.29. The highest BCUT2D eigenvalue weighted by Gasteiger charge is 2.29. The van der Waals surface area contributed by atoms with Crippen LogP contribution >= 0.6 is 11.6 Å². The van der Waals surface area contributed by atoms with E-state index in [2.05, 4.69) is 4.98 Å². The Labute approximate surface area is 237 Å². The molecule has 0 amide bonds. The molecule has 0 unspecified atom stereocenters. The molecule has 0 spiro atoms. The lowest BCUT2D eigenvalue weighted by molar-refractivity contribution is 0.0514. The van der Waals surface area contributed by atoms with Crippen LogP contribution in [-0.2, 0) is 32.7 Å². The molecule has 0 saturated heterocycles. The van der Waals surface area contributed by atoms with Crippen LogP contribution in [-0.4, -0.2) is 37.1 Å². The molecule has 0 N–H and O–H groups in total. The van der Waals surface area contributed by atoms with E-state index >= 15 is 0 Å². The van der Waals surface area contributed by atoms with Crippen molar-refractivity contribution in [2.45, 2.75) is 32.0 Å². The number of fused-ring (bicyclic) bond motifs is 3. The maximum absolute atomic E-state index is 14.1. The van der Waals surface area contributed by atoms with Crippen LogP contribution < -0.4 is 4.74 Å². The van der Waals surface area contributed by atoms with Gasteiger partial charge in [0.05, 0.1) is 40.4 Å². The molecule has 0 bridgehead atoms. The number of hydrogen-bond acceptors (Lipinski definition) is 7. The summed E-state index contributed by atoms with van der Waals surface area (Å²) in [6, 6.07) is 19.1. The van der Waals surface area contributed by atoms with Gasteiger partial charge >= 0.3 is 5.97 Å². The Morgan fingerprint density at radius 3 is 2.40 bits per heavy atom. The monoisotopic (exact) mass is 578 g/mol. The number of aryl methyl sites for hydroxylation is 1. The van der Waals surface area contributed by atoms with Crippen LogP contribution in [0.25, 0.3) is 21.8 Å². The molecule has 0 fully saturated rings. The molecule has 40 heavy (non-hydrogen) atoms. The number of aromatic nitrogens is 2. The van der Waals surface area contributed by atoms with Crippen molar-refractivity contribution < 1.29 is 27.4 Å². The van der Waals surface area contributed by atoms with Gasteiger partial charge in [-0.2, -0.15) is 0 Å². The van der Waals surface area contributed by atoms with E-state index in [1.807, 2.05) is 19.1 Å². The normalized spacial score (nSPS) is 11.7. The van der Waals surface area contributed by atoms with E-state index in [0.29, 0.717) is 43.7 Å². The third-order valence-corrected chi connectivity index (χ3v) is 8.57. The summed E-state index contributed by atoms with van der Waals surface area (Å²) in [6.45, 7) is 3.85. The molecule has 0 aliphatic carbocycles. The SMILES string of the molecule is CCOC(=O)c1ncc2c(c1COC)c1c(COc3ccccc3Cl)cccc1n2S(=O)(=O)c1ccc(C)cc1. The molecule has 8 nitrogen and oxygen atoms in total. The topological polar surface area (TPSA) is 96.7 Å². The number of para-hydroxylation sites is 1. The molecule has 2 heterocycles. The van der Waals surface area contributed by atoms with Gasteiger partial charge in [-0.3, -0.25) is 0 Å². The Morgan fingerprint density at radius 1 is 0.950 bits per heavy atom. The van der Waals surface area contributed by atoms with Gasteiger partial charge in [-0.25, -0.2) is 22.2 Å². The van der Waals surface area contributed by atoms with Gasteiger partial charge in [0.15, 0.2) is 5.69 Å². The minimum absolute atomic E-state index is 0.00187. The van der Waals surface area contributed by atoms with Gasteiger partial charge in [0, 0.05) is 23.4 Å². The lowest BCUT2D eigenvalue weighted by Crippen LogP contribution is -2.14. The Hall–Kier alpha value is -3.92. The number of carbonyl (C=O) groups excluding carboxylic acids is 1. The van der Waals surface area contributed by atoms with Crippen molar-refractivity contribution in [3.05, 3.63) is 100 Å². The smallest absolute Gasteiger partial charge is 0.357 e. The maximum atomic E-state index is 14.1. The number of halogens is 1. The zero-order chi connectivity index (χ0) is 28.4. The third-order valence-electron chi connectivity index (χ3n) is 6.51. The number of methoxy groups -OCH3 is 1. The molecule has 5 aromatic rings. The first-order chi connectivity index (χ1) is 19.3. The number of ether oxygens (including phenoxy) is 3. The van der Waals surface area contributed by atoms with E-state index in [-0.39, 0.29) is 30.4 Å². The molecule has 0 radical (unpaired) electrons. The van der Waals surface area contributed by atoms with Crippen LogP contribution in [0.2, 0.25) is 5.02 Å². The molecule has 0 saturated carbocycles. The Balaban J connectivity index is 1.83. The van der Waals surface area contributed by atoms with Crippen LogP contribution in [0.3, 0.4) is 0 Å². The number of benzene rings is 3.